The van der Waals surface area contributed by atoms with Gasteiger partial charge in [-0.15, -0.1) is 11.3 Å². The van der Waals surface area contributed by atoms with E-state index in [0.29, 0.717) is 45.8 Å². The molecule has 3 aromatic heterocycles. The van der Waals surface area contributed by atoms with Crippen LogP contribution in [0, 0.1) is 13.8 Å². The van der Waals surface area contributed by atoms with E-state index in [9.17, 15) is 13.2 Å². The highest BCUT2D eigenvalue weighted by Crippen LogP contribution is 2.34. The number of fused-ring (bicyclic) bond motifs is 1. The fourth-order valence-corrected chi connectivity index (χ4v) is 6.75. The molecule has 1 amide bonds. The quantitative estimate of drug-likeness (QED) is 0.439. The minimum atomic E-state index is -3.12. The lowest BCUT2D eigenvalue weighted by molar-refractivity contribution is 0.102. The number of carbonyl (C=O) groups is 1. The Hall–Kier alpha value is -3.24. The van der Waals surface area contributed by atoms with Gasteiger partial charge in [0.25, 0.3) is 5.91 Å². The van der Waals surface area contributed by atoms with E-state index in [1.165, 1.54) is 11.3 Å². The third-order valence-corrected chi connectivity index (χ3v) is 8.66. The van der Waals surface area contributed by atoms with E-state index < -0.39 is 9.84 Å². The van der Waals surface area contributed by atoms with Crippen molar-refractivity contribution in [2.24, 2.45) is 0 Å². The van der Waals surface area contributed by atoms with Gasteiger partial charge in [0, 0.05) is 0 Å². The Morgan fingerprint density at radius 1 is 1.24 bits per heavy atom. The van der Waals surface area contributed by atoms with E-state index in [1.807, 2.05) is 49.6 Å². The molecule has 10 heteroatoms. The van der Waals surface area contributed by atoms with Crippen molar-refractivity contribution in [3.8, 4) is 16.3 Å². The highest BCUT2D eigenvalue weighted by Gasteiger charge is 2.32. The summed E-state index contributed by atoms with van der Waals surface area (Å²) in [6.07, 6.45) is 0.478. The van der Waals surface area contributed by atoms with Crippen LogP contribution in [0.1, 0.15) is 34.1 Å². The van der Waals surface area contributed by atoms with Crippen LogP contribution in [-0.4, -0.2) is 47.7 Å². The van der Waals surface area contributed by atoms with Crippen molar-refractivity contribution in [3.63, 3.8) is 0 Å². The van der Waals surface area contributed by atoms with Crippen molar-refractivity contribution in [1.82, 2.24) is 14.8 Å². The standard InChI is InChI=1S/C24H24N4O4S2/c1-14-6-7-20(32-3)18(11-14)26-24(29)17-12-19(21-5-4-9-33-21)25-23-22(17)15(2)27-28(23)16-8-10-34(30,31)13-16/h4-7,9,11-12,16H,8,10,13H2,1-3H3,(H,26,29)/t16-/m1/s1. The normalized spacial score (nSPS) is 17.2. The van der Waals surface area contributed by atoms with Crippen LogP contribution in [0.3, 0.4) is 0 Å². The highest BCUT2D eigenvalue weighted by atomic mass is 32.2. The first-order valence-electron chi connectivity index (χ1n) is 10.9. The number of thiophene rings is 1. The summed E-state index contributed by atoms with van der Waals surface area (Å²) in [5.74, 6) is 0.404. The van der Waals surface area contributed by atoms with Gasteiger partial charge in [0.15, 0.2) is 15.5 Å². The number of benzene rings is 1. The number of rotatable bonds is 5. The Labute approximate surface area is 201 Å². The fraction of sp³-hybridized carbons (Fsp3) is 0.292. The molecule has 1 aliphatic rings. The summed E-state index contributed by atoms with van der Waals surface area (Å²) in [6, 6.07) is 10.9. The number of nitrogens with one attached hydrogen (secondary N) is 1. The van der Waals surface area contributed by atoms with Gasteiger partial charge in [0.2, 0.25) is 0 Å². The number of aromatic nitrogens is 3. The summed E-state index contributed by atoms with van der Waals surface area (Å²) in [5.41, 5.74) is 3.79. The number of aryl methyl sites for hydroxylation is 2. The Kier molecular flexibility index (Phi) is 5.65. The smallest absolute Gasteiger partial charge is 0.256 e. The van der Waals surface area contributed by atoms with E-state index in [2.05, 4.69) is 10.4 Å². The average Bonchev–Trinajstić information content (AvgIpc) is 3.53. The summed E-state index contributed by atoms with van der Waals surface area (Å²) in [6.45, 7) is 3.76. The highest BCUT2D eigenvalue weighted by molar-refractivity contribution is 7.91. The maximum atomic E-state index is 13.6. The summed E-state index contributed by atoms with van der Waals surface area (Å²) < 4.78 is 31.4. The van der Waals surface area contributed by atoms with E-state index in [4.69, 9.17) is 9.72 Å². The molecule has 4 heterocycles. The summed E-state index contributed by atoms with van der Waals surface area (Å²) in [4.78, 5) is 19.3. The predicted molar refractivity (Wildman–Crippen MR) is 134 cm³/mol. The van der Waals surface area contributed by atoms with Crippen LogP contribution in [0.15, 0.2) is 41.8 Å². The minimum Gasteiger partial charge on any atom is -0.495 e. The van der Waals surface area contributed by atoms with Crippen LogP contribution >= 0.6 is 11.3 Å². The van der Waals surface area contributed by atoms with Crippen LogP contribution in [0.25, 0.3) is 21.6 Å². The number of nitrogens with zero attached hydrogens (tertiary/aromatic N) is 3. The molecule has 5 rings (SSSR count). The zero-order valence-electron chi connectivity index (χ0n) is 19.0. The van der Waals surface area contributed by atoms with E-state index >= 15 is 0 Å². The zero-order chi connectivity index (χ0) is 24.0. The van der Waals surface area contributed by atoms with Gasteiger partial charge in [-0.05, 0) is 55.5 Å². The van der Waals surface area contributed by atoms with Gasteiger partial charge >= 0.3 is 0 Å². The summed E-state index contributed by atoms with van der Waals surface area (Å²) in [7, 11) is -1.56. The molecule has 4 aromatic rings. The average molecular weight is 497 g/mol. The van der Waals surface area contributed by atoms with Crippen LogP contribution in [0.5, 0.6) is 5.75 Å². The van der Waals surface area contributed by atoms with Gasteiger partial charge in [-0.3, -0.25) is 4.79 Å². The first-order chi connectivity index (χ1) is 16.3. The number of methoxy groups -OCH3 is 1. The monoisotopic (exact) mass is 496 g/mol. The lowest BCUT2D eigenvalue weighted by Gasteiger charge is -2.13. The lowest BCUT2D eigenvalue weighted by Crippen LogP contribution is -2.15. The molecule has 8 nitrogen and oxygen atoms in total. The molecule has 1 aromatic carbocycles. The Morgan fingerprint density at radius 2 is 2.06 bits per heavy atom. The van der Waals surface area contributed by atoms with Gasteiger partial charge in [0.05, 0.1) is 57.6 Å². The van der Waals surface area contributed by atoms with Gasteiger partial charge in [-0.1, -0.05) is 12.1 Å². The number of carbonyl (C=O) groups excluding carboxylic acids is 1. The predicted octanol–water partition coefficient (Wildman–Crippen LogP) is 4.40. The van der Waals surface area contributed by atoms with Gasteiger partial charge in [-0.2, -0.15) is 5.10 Å². The molecule has 1 aliphatic heterocycles. The maximum absolute atomic E-state index is 13.6. The number of hydrogen-bond donors (Lipinski definition) is 1. The second-order valence-electron chi connectivity index (χ2n) is 8.48. The van der Waals surface area contributed by atoms with E-state index in [0.717, 1.165) is 10.4 Å². The topological polar surface area (TPSA) is 103 Å². The molecule has 0 saturated carbocycles. The van der Waals surface area contributed by atoms with E-state index in [1.54, 1.807) is 17.9 Å². The minimum absolute atomic E-state index is 0.0240. The second-order valence-corrected chi connectivity index (χ2v) is 11.7. The maximum Gasteiger partial charge on any atom is 0.256 e. The molecule has 0 spiro atoms. The fourth-order valence-electron chi connectivity index (χ4n) is 4.37. The number of anilines is 1. The Bertz CT molecular complexity index is 1510. The lowest BCUT2D eigenvalue weighted by atomic mass is 10.1. The molecule has 0 radical (unpaired) electrons. The number of hydrogen-bond acceptors (Lipinski definition) is 7. The first-order valence-corrected chi connectivity index (χ1v) is 13.6. The van der Waals surface area contributed by atoms with Crippen molar-refractivity contribution >= 4 is 43.8 Å². The molecule has 0 unspecified atom stereocenters. The first kappa shape index (κ1) is 22.5. The van der Waals surface area contributed by atoms with Crippen molar-refractivity contribution in [3.05, 3.63) is 58.6 Å². The number of ether oxygens (including phenoxy) is 1. The number of amides is 1. The molecule has 176 valence electrons. The molecule has 1 atom stereocenters. The van der Waals surface area contributed by atoms with Crippen LogP contribution in [0.2, 0.25) is 0 Å². The largest absolute Gasteiger partial charge is 0.495 e. The molecule has 34 heavy (non-hydrogen) atoms. The molecule has 0 aliphatic carbocycles. The van der Waals surface area contributed by atoms with Crippen LogP contribution in [-0.2, 0) is 9.84 Å². The second kappa shape index (κ2) is 8.52. The van der Waals surface area contributed by atoms with Crippen molar-refractivity contribution < 1.29 is 17.9 Å². The summed E-state index contributed by atoms with van der Waals surface area (Å²) in [5, 5.41) is 10.2. The van der Waals surface area contributed by atoms with E-state index in [-0.39, 0.29) is 23.5 Å². The number of pyridine rings is 1. The van der Waals surface area contributed by atoms with Gasteiger partial charge < -0.3 is 10.1 Å². The van der Waals surface area contributed by atoms with Crippen LogP contribution < -0.4 is 10.1 Å². The molecule has 0 bridgehead atoms. The molecular formula is C24H24N4O4S2. The molecule has 1 N–H and O–H groups in total. The van der Waals surface area contributed by atoms with Crippen molar-refractivity contribution in [2.75, 3.05) is 23.9 Å². The third kappa shape index (κ3) is 4.07. The third-order valence-electron chi connectivity index (χ3n) is 6.01. The Morgan fingerprint density at radius 3 is 2.74 bits per heavy atom. The number of sulfone groups is 1. The van der Waals surface area contributed by atoms with Gasteiger partial charge in [-0.25, -0.2) is 18.1 Å². The van der Waals surface area contributed by atoms with Crippen molar-refractivity contribution in [2.45, 2.75) is 26.3 Å². The molecule has 1 fully saturated rings. The Balaban J connectivity index is 1.66. The SMILES string of the molecule is COc1ccc(C)cc1NC(=O)c1cc(-c2cccs2)nc2c1c(C)nn2[C@@H]1CCS(=O)(=O)C1. The van der Waals surface area contributed by atoms with Gasteiger partial charge in [0.1, 0.15) is 5.75 Å². The van der Waals surface area contributed by atoms with Crippen LogP contribution in [0.4, 0.5) is 5.69 Å². The molecular weight excluding hydrogens is 472 g/mol. The summed E-state index contributed by atoms with van der Waals surface area (Å²) >= 11 is 1.52. The van der Waals surface area contributed by atoms with Crippen molar-refractivity contribution in [1.29, 1.82) is 0 Å². The molecule has 1 saturated heterocycles. The zero-order valence-corrected chi connectivity index (χ0v) is 20.7.